The Labute approximate surface area is 159 Å². The highest BCUT2D eigenvalue weighted by Crippen LogP contribution is 2.37. The summed E-state index contributed by atoms with van der Waals surface area (Å²) in [5.74, 6) is -0.764. The summed E-state index contributed by atoms with van der Waals surface area (Å²) in [4.78, 5) is 23.9. The number of ether oxygens (including phenoxy) is 3. The average molecular weight is 367 g/mol. The van der Waals surface area contributed by atoms with E-state index in [9.17, 15) is 9.59 Å². The molecule has 0 amide bonds. The predicted octanol–water partition coefficient (Wildman–Crippen LogP) is 4.76. The minimum atomic E-state index is -0.627. The smallest absolute Gasteiger partial charge is 0.343 e. The number of unbranched alkanes of at least 4 members (excludes halogenated alkanes) is 3. The van der Waals surface area contributed by atoms with Crippen LogP contribution in [0, 0.1) is 6.07 Å². The first kappa shape index (κ1) is 20.2. The van der Waals surface area contributed by atoms with Crippen molar-refractivity contribution in [1.29, 1.82) is 0 Å². The third-order valence-corrected chi connectivity index (χ3v) is 3.70. The molecule has 5 nitrogen and oxygen atoms in total. The van der Waals surface area contributed by atoms with Crippen molar-refractivity contribution in [3.8, 4) is 17.2 Å². The number of benzene rings is 2. The molecule has 0 aliphatic heterocycles. The van der Waals surface area contributed by atoms with Crippen LogP contribution in [-0.4, -0.2) is 18.5 Å². The summed E-state index contributed by atoms with van der Waals surface area (Å²) in [5.41, 5.74) is 0.397. The SMILES string of the molecule is C=CC(=O)Oc1cc[c]c(OC(=O)c2ccccc2)c1OCCCCCC. The van der Waals surface area contributed by atoms with Gasteiger partial charge in [-0.15, -0.1) is 0 Å². The number of carbonyl (C=O) groups is 2. The summed E-state index contributed by atoms with van der Waals surface area (Å²) in [6.07, 6.45) is 5.13. The van der Waals surface area contributed by atoms with Gasteiger partial charge in [-0.1, -0.05) is 51.0 Å². The first-order chi connectivity index (χ1) is 13.2. The molecule has 0 bridgehead atoms. The molecule has 27 heavy (non-hydrogen) atoms. The van der Waals surface area contributed by atoms with Crippen LogP contribution in [0.2, 0.25) is 0 Å². The monoisotopic (exact) mass is 367 g/mol. The minimum absolute atomic E-state index is 0.0775. The summed E-state index contributed by atoms with van der Waals surface area (Å²) in [6, 6.07) is 14.5. The van der Waals surface area contributed by atoms with Crippen LogP contribution < -0.4 is 14.2 Å². The zero-order valence-corrected chi connectivity index (χ0v) is 15.4. The summed E-state index contributed by atoms with van der Waals surface area (Å²) in [5, 5.41) is 0. The molecule has 0 fully saturated rings. The molecule has 5 heteroatoms. The van der Waals surface area contributed by atoms with Gasteiger partial charge in [0.05, 0.1) is 12.2 Å². The number of rotatable bonds is 10. The Hall–Kier alpha value is -3.08. The molecular formula is C22H23O5. The normalized spacial score (nSPS) is 10.1. The summed E-state index contributed by atoms with van der Waals surface area (Å²) in [6.45, 7) is 5.92. The molecule has 2 aromatic rings. The van der Waals surface area contributed by atoms with E-state index in [0.29, 0.717) is 12.2 Å². The lowest BCUT2D eigenvalue weighted by molar-refractivity contribution is -0.129. The lowest BCUT2D eigenvalue weighted by atomic mass is 10.2. The average Bonchev–Trinajstić information content (AvgIpc) is 2.70. The van der Waals surface area contributed by atoms with E-state index in [1.54, 1.807) is 24.3 Å². The largest absolute Gasteiger partial charge is 0.486 e. The lowest BCUT2D eigenvalue weighted by Gasteiger charge is -2.15. The summed E-state index contributed by atoms with van der Waals surface area (Å²) >= 11 is 0. The third-order valence-electron chi connectivity index (χ3n) is 3.70. The van der Waals surface area contributed by atoms with Crippen molar-refractivity contribution >= 4 is 11.9 Å². The van der Waals surface area contributed by atoms with Crippen molar-refractivity contribution < 1.29 is 23.8 Å². The number of hydrogen-bond acceptors (Lipinski definition) is 5. The second kappa shape index (κ2) is 10.8. The van der Waals surface area contributed by atoms with Gasteiger partial charge in [-0.2, -0.15) is 0 Å². The fourth-order valence-corrected chi connectivity index (χ4v) is 2.32. The second-order valence-corrected chi connectivity index (χ2v) is 5.79. The summed E-state index contributed by atoms with van der Waals surface area (Å²) < 4.78 is 16.4. The van der Waals surface area contributed by atoms with Crippen LogP contribution >= 0.6 is 0 Å². The highest BCUT2D eigenvalue weighted by molar-refractivity contribution is 5.91. The first-order valence-electron chi connectivity index (χ1n) is 8.94. The Kier molecular flexibility index (Phi) is 8.10. The van der Waals surface area contributed by atoms with Crippen LogP contribution in [0.1, 0.15) is 43.0 Å². The van der Waals surface area contributed by atoms with Crippen molar-refractivity contribution in [2.24, 2.45) is 0 Å². The molecule has 0 unspecified atom stereocenters. The van der Waals surface area contributed by atoms with Crippen LogP contribution in [-0.2, 0) is 4.79 Å². The van der Waals surface area contributed by atoms with E-state index >= 15 is 0 Å². The third kappa shape index (κ3) is 6.29. The molecule has 0 N–H and O–H groups in total. The van der Waals surface area contributed by atoms with Crippen LogP contribution in [0.5, 0.6) is 17.2 Å². The van der Waals surface area contributed by atoms with Gasteiger partial charge in [0.15, 0.2) is 11.5 Å². The van der Waals surface area contributed by atoms with Gasteiger partial charge in [0.2, 0.25) is 5.75 Å². The second-order valence-electron chi connectivity index (χ2n) is 5.79. The Morgan fingerprint density at radius 3 is 2.56 bits per heavy atom. The van der Waals surface area contributed by atoms with Crippen molar-refractivity contribution in [2.75, 3.05) is 6.61 Å². The van der Waals surface area contributed by atoms with E-state index in [0.717, 1.165) is 31.8 Å². The van der Waals surface area contributed by atoms with E-state index in [1.165, 1.54) is 12.1 Å². The quantitative estimate of drug-likeness (QED) is 0.262. The van der Waals surface area contributed by atoms with Gasteiger partial charge in [0.25, 0.3) is 0 Å². The molecule has 0 heterocycles. The van der Waals surface area contributed by atoms with Gasteiger partial charge in [0.1, 0.15) is 0 Å². The summed E-state index contributed by atoms with van der Waals surface area (Å²) in [7, 11) is 0. The van der Waals surface area contributed by atoms with E-state index in [1.807, 2.05) is 6.07 Å². The zero-order valence-electron chi connectivity index (χ0n) is 15.4. The molecule has 1 radical (unpaired) electrons. The molecular weight excluding hydrogens is 344 g/mol. The fourth-order valence-electron chi connectivity index (χ4n) is 2.32. The molecule has 0 saturated carbocycles. The molecule has 0 saturated heterocycles. The molecule has 2 aromatic carbocycles. The Morgan fingerprint density at radius 2 is 1.85 bits per heavy atom. The van der Waals surface area contributed by atoms with Gasteiger partial charge in [-0.3, -0.25) is 0 Å². The fraction of sp³-hybridized carbons (Fsp3) is 0.273. The van der Waals surface area contributed by atoms with Crippen LogP contribution in [0.3, 0.4) is 0 Å². The van der Waals surface area contributed by atoms with Gasteiger partial charge < -0.3 is 14.2 Å². The van der Waals surface area contributed by atoms with E-state index in [2.05, 4.69) is 19.6 Å². The van der Waals surface area contributed by atoms with Gasteiger partial charge in [-0.25, -0.2) is 9.59 Å². The number of esters is 2. The van der Waals surface area contributed by atoms with Crippen molar-refractivity contribution in [3.63, 3.8) is 0 Å². The van der Waals surface area contributed by atoms with Crippen molar-refractivity contribution in [2.45, 2.75) is 32.6 Å². The zero-order chi connectivity index (χ0) is 19.5. The molecule has 2 rings (SSSR count). The Bertz CT molecular complexity index is 768. The van der Waals surface area contributed by atoms with Crippen LogP contribution in [0.25, 0.3) is 0 Å². The molecule has 0 aliphatic carbocycles. The lowest BCUT2D eigenvalue weighted by Crippen LogP contribution is -2.11. The molecule has 141 valence electrons. The molecule has 0 spiro atoms. The van der Waals surface area contributed by atoms with Gasteiger partial charge in [-0.05, 0) is 30.7 Å². The number of hydrogen-bond donors (Lipinski definition) is 0. The highest BCUT2D eigenvalue weighted by Gasteiger charge is 2.18. The van der Waals surface area contributed by atoms with Gasteiger partial charge in [0, 0.05) is 12.1 Å². The minimum Gasteiger partial charge on any atom is -0.486 e. The van der Waals surface area contributed by atoms with Crippen LogP contribution in [0.4, 0.5) is 0 Å². The Morgan fingerprint density at radius 1 is 1.07 bits per heavy atom. The van der Waals surface area contributed by atoms with Crippen molar-refractivity contribution in [1.82, 2.24) is 0 Å². The van der Waals surface area contributed by atoms with Crippen molar-refractivity contribution in [3.05, 3.63) is 66.7 Å². The topological polar surface area (TPSA) is 61.8 Å². The Balaban J connectivity index is 2.20. The van der Waals surface area contributed by atoms with E-state index in [-0.39, 0.29) is 17.2 Å². The van der Waals surface area contributed by atoms with Crippen LogP contribution in [0.15, 0.2) is 55.1 Å². The predicted molar refractivity (Wildman–Crippen MR) is 102 cm³/mol. The molecule has 0 atom stereocenters. The maximum Gasteiger partial charge on any atom is 0.343 e. The molecule has 0 aliphatic rings. The molecule has 0 aromatic heterocycles. The maximum absolute atomic E-state index is 12.3. The highest BCUT2D eigenvalue weighted by atomic mass is 16.6. The van der Waals surface area contributed by atoms with E-state index in [4.69, 9.17) is 14.2 Å². The first-order valence-corrected chi connectivity index (χ1v) is 8.94. The maximum atomic E-state index is 12.3. The van der Waals surface area contributed by atoms with E-state index < -0.39 is 11.9 Å². The number of carbonyl (C=O) groups excluding carboxylic acids is 2. The standard InChI is InChI=1S/C22H23O5/c1-3-5-6-10-16-25-21-18(26-20(23)4-2)14-11-15-19(21)27-22(24)17-12-8-7-9-13-17/h4,7-9,11-14H,2-3,5-6,10,16H2,1H3. The van der Waals surface area contributed by atoms with Gasteiger partial charge >= 0.3 is 11.9 Å².